The third-order valence-corrected chi connectivity index (χ3v) is 2.55. The molecule has 23 valence electrons. The molecule has 0 aromatic rings. The van der Waals surface area contributed by atoms with Crippen LogP contribution in [0.15, 0.2) is 0 Å². The first-order valence-electron chi connectivity index (χ1n) is 1.59. The van der Waals surface area contributed by atoms with Crippen LogP contribution in [0.3, 0.4) is 0 Å². The Morgan fingerprint density at radius 1 is 2.00 bits per heavy atom. The summed E-state index contributed by atoms with van der Waals surface area (Å²) in [6, 6.07) is 0. The Morgan fingerprint density at radius 2 is 3.00 bits per heavy atom. The first-order chi connectivity index (χ1) is 2.50. The average molecular weight is 172 g/mol. The van der Waals surface area contributed by atoms with Gasteiger partial charge in [-0.05, 0) is 0 Å². The standard InChI is InChI=1S/C3H3B.Sb/c1-3-4-2;/h1H,3H2;. The van der Waals surface area contributed by atoms with Gasteiger partial charge >= 0.3 is 42.2 Å². The Morgan fingerprint density at radius 3 is 3.20 bits per heavy atom. The molecule has 0 saturated heterocycles. The Labute approximate surface area is 42.5 Å². The van der Waals surface area contributed by atoms with Gasteiger partial charge in [0.05, 0.1) is 0 Å². The molecule has 0 unspecified atom stereocenters. The van der Waals surface area contributed by atoms with Crippen molar-refractivity contribution < 1.29 is 0 Å². The van der Waals surface area contributed by atoms with Gasteiger partial charge in [-0.15, -0.1) is 0 Å². The van der Waals surface area contributed by atoms with E-state index in [1.54, 1.807) is 0 Å². The maximum atomic E-state index is 3.19. The molecule has 1 aliphatic heterocycles. The van der Waals surface area contributed by atoms with Crippen molar-refractivity contribution in [3.63, 3.8) is 0 Å². The number of hydrogen-bond acceptors (Lipinski definition) is 0. The topological polar surface area (TPSA) is 0 Å². The van der Waals surface area contributed by atoms with Gasteiger partial charge in [-0.1, -0.05) is 0 Å². The van der Waals surface area contributed by atoms with Gasteiger partial charge in [-0.2, -0.15) is 0 Å². The van der Waals surface area contributed by atoms with Gasteiger partial charge in [-0.25, -0.2) is 0 Å². The van der Waals surface area contributed by atoms with E-state index in [0.717, 1.165) is 0 Å². The molecule has 0 aliphatic carbocycles. The molecule has 0 atom stereocenters. The predicted molar refractivity (Wildman–Crippen MR) is 27.4 cm³/mol. The molecule has 1 rings (SSSR count). The fourth-order valence-corrected chi connectivity index (χ4v) is 1.77. The van der Waals surface area contributed by atoms with E-state index in [9.17, 15) is 0 Å². The molecule has 0 amide bonds. The molecule has 1 heterocycles. The van der Waals surface area contributed by atoms with Crippen molar-refractivity contribution in [3.05, 3.63) is 0 Å². The molecular formula is C3H3BSb. The van der Waals surface area contributed by atoms with Gasteiger partial charge in [0, 0.05) is 0 Å². The predicted octanol–water partition coefficient (Wildman–Crippen LogP) is -0.734. The van der Waals surface area contributed by atoms with E-state index < -0.39 is 0 Å². The molecule has 0 saturated carbocycles. The summed E-state index contributed by atoms with van der Waals surface area (Å²) in [5, 5.41) is 0. The summed E-state index contributed by atoms with van der Waals surface area (Å²) in [7, 11) is 0. The molecule has 0 aromatic carbocycles. The Balaban J connectivity index is 2.61. The average Bonchev–Trinajstić information content (AvgIpc) is 1.76. The van der Waals surface area contributed by atoms with Crippen LogP contribution in [0.4, 0.5) is 0 Å². The maximum absolute atomic E-state index is 3.19. The number of hydrogen-bond donors (Lipinski definition) is 0. The van der Waals surface area contributed by atoms with Crippen LogP contribution in [0.2, 0.25) is 6.32 Å². The van der Waals surface area contributed by atoms with E-state index in [0.29, 0.717) is 0 Å². The minimum atomic E-state index is 0.0361. The van der Waals surface area contributed by atoms with Crippen molar-refractivity contribution in [3.8, 4) is 0 Å². The van der Waals surface area contributed by atoms with E-state index in [4.69, 9.17) is 0 Å². The van der Waals surface area contributed by atoms with E-state index in [1.807, 2.05) is 0 Å². The summed E-state index contributed by atoms with van der Waals surface area (Å²) < 4.78 is 5.54. The van der Waals surface area contributed by atoms with Crippen molar-refractivity contribution in [2.75, 3.05) is 0 Å². The number of rotatable bonds is 0. The van der Waals surface area contributed by atoms with Crippen LogP contribution in [-0.4, -0.2) is 35.9 Å². The quantitative estimate of drug-likeness (QED) is 0.422. The van der Waals surface area contributed by atoms with E-state index in [1.165, 1.54) is 6.32 Å². The second-order valence-electron chi connectivity index (χ2n) is 0.881. The van der Waals surface area contributed by atoms with Crippen LogP contribution in [0.5, 0.6) is 0 Å². The molecule has 0 bridgehead atoms. The van der Waals surface area contributed by atoms with E-state index in [2.05, 4.69) is 14.8 Å². The molecule has 1 aliphatic rings. The normalized spacial score (nSPS) is 16.0. The van der Waals surface area contributed by atoms with Crippen molar-refractivity contribution in [2.24, 2.45) is 0 Å². The summed E-state index contributed by atoms with van der Waals surface area (Å²) in [5.74, 6) is 0. The van der Waals surface area contributed by atoms with Crippen LogP contribution < -0.4 is 0 Å². The van der Waals surface area contributed by atoms with E-state index in [-0.39, 0.29) is 21.1 Å². The summed E-state index contributed by atoms with van der Waals surface area (Å²) in [6.45, 7) is 2.12. The molecule has 2 heteroatoms. The zero-order chi connectivity index (χ0) is 3.54. The van der Waals surface area contributed by atoms with Crippen molar-refractivity contribution >= 4 is 35.9 Å². The summed E-state index contributed by atoms with van der Waals surface area (Å²) in [5.41, 5.74) is 0. The van der Waals surface area contributed by atoms with Crippen LogP contribution in [0, 0.1) is 0 Å². The molecular weight excluding hydrogens is 169 g/mol. The molecule has 0 nitrogen and oxygen atoms in total. The Hall–Kier alpha value is 0.623. The second kappa shape index (κ2) is 1.92. The van der Waals surface area contributed by atoms with Crippen LogP contribution in [-0.2, 0) is 0 Å². The molecule has 5 heavy (non-hydrogen) atoms. The zero-order valence-corrected chi connectivity index (χ0v) is 5.36. The van der Waals surface area contributed by atoms with Crippen molar-refractivity contribution in [2.45, 2.75) is 6.32 Å². The molecule has 0 aromatic heterocycles. The zero-order valence-electron chi connectivity index (χ0n) is 2.81. The van der Waals surface area contributed by atoms with E-state index >= 15 is 0 Å². The van der Waals surface area contributed by atoms with Crippen molar-refractivity contribution in [1.29, 1.82) is 0 Å². The first-order valence-corrected chi connectivity index (χ1v) is 4.34. The first kappa shape index (κ1) is 3.80. The van der Waals surface area contributed by atoms with Crippen LogP contribution in [0.25, 0.3) is 0 Å². The molecule has 0 fully saturated rings. The molecule has 0 N–H and O–H groups in total. The third-order valence-electron chi connectivity index (χ3n) is 0.480. The van der Waals surface area contributed by atoms with Gasteiger partial charge in [0.2, 0.25) is 0 Å². The summed E-state index contributed by atoms with van der Waals surface area (Å²) in [6.07, 6.45) is 1.21. The summed E-state index contributed by atoms with van der Waals surface area (Å²) >= 11 is 0.0361. The van der Waals surface area contributed by atoms with Crippen LogP contribution >= 0.6 is 0 Å². The van der Waals surface area contributed by atoms with Gasteiger partial charge in [-0.3, -0.25) is 0 Å². The Bertz CT molecular complexity index is 65.0. The van der Waals surface area contributed by atoms with Crippen molar-refractivity contribution in [1.82, 2.24) is 0 Å². The SMILES string of the molecule is B1=[C][Sb]=[CH]C1. The van der Waals surface area contributed by atoms with Gasteiger partial charge < -0.3 is 0 Å². The Kier molecular flexibility index (Phi) is 1.46. The molecule has 0 spiro atoms. The third kappa shape index (κ3) is 1.01. The monoisotopic (exact) mass is 171 g/mol. The summed E-state index contributed by atoms with van der Waals surface area (Å²) in [4.78, 5) is 0. The van der Waals surface area contributed by atoms with Gasteiger partial charge in [0.1, 0.15) is 0 Å². The van der Waals surface area contributed by atoms with Gasteiger partial charge in [0.15, 0.2) is 0 Å². The van der Waals surface area contributed by atoms with Gasteiger partial charge in [0.25, 0.3) is 0 Å². The minimum absolute atomic E-state index is 0.0361. The second-order valence-corrected chi connectivity index (χ2v) is 3.40. The fourth-order valence-electron chi connectivity index (χ4n) is 0.264. The fraction of sp³-hybridized carbons (Fsp3) is 0.333. The molecule has 1 radical (unpaired) electrons. The van der Waals surface area contributed by atoms with Crippen LogP contribution in [0.1, 0.15) is 0 Å².